The molecule has 0 aliphatic heterocycles. The number of aliphatic carboxylic acids is 1. The lowest BCUT2D eigenvalue weighted by molar-refractivity contribution is -0.142. The number of halogens is 1. The quantitative estimate of drug-likeness (QED) is 0.825. The van der Waals surface area contributed by atoms with Crippen LogP contribution in [0, 0.1) is 11.7 Å². The van der Waals surface area contributed by atoms with Gasteiger partial charge in [0, 0.05) is 0 Å². The number of rotatable bonds is 6. The minimum absolute atomic E-state index is 0.0176. The fourth-order valence-electron chi connectivity index (χ4n) is 2.04. The maximum atomic E-state index is 13.5. The van der Waals surface area contributed by atoms with Crippen LogP contribution in [0.5, 0.6) is 5.75 Å². The summed E-state index contributed by atoms with van der Waals surface area (Å²) in [6, 6.07) is 3.39. The summed E-state index contributed by atoms with van der Waals surface area (Å²) in [7, 11) is 1.36. The van der Waals surface area contributed by atoms with E-state index in [0.717, 1.165) is 12.8 Å². The average molecular weight is 281 g/mol. The van der Waals surface area contributed by atoms with Crippen molar-refractivity contribution < 1.29 is 23.8 Å². The molecule has 1 amide bonds. The molecular formula is C14H16FNO4. The molecule has 1 fully saturated rings. The molecule has 0 saturated heterocycles. The first-order chi connectivity index (χ1) is 9.51. The smallest absolute Gasteiger partial charge is 0.326 e. The first-order valence-corrected chi connectivity index (χ1v) is 6.36. The molecular weight excluding hydrogens is 265 g/mol. The van der Waals surface area contributed by atoms with Crippen LogP contribution in [0.25, 0.3) is 0 Å². The number of carboxylic acid groups (broad SMARTS) is 1. The van der Waals surface area contributed by atoms with Gasteiger partial charge >= 0.3 is 5.97 Å². The molecule has 0 bridgehead atoms. The highest BCUT2D eigenvalue weighted by Crippen LogP contribution is 2.32. The van der Waals surface area contributed by atoms with Gasteiger partial charge in [0.25, 0.3) is 0 Å². The van der Waals surface area contributed by atoms with E-state index in [1.807, 2.05) is 0 Å². The fraction of sp³-hybridized carbons (Fsp3) is 0.429. The average Bonchev–Trinajstić information content (AvgIpc) is 3.20. The Morgan fingerprint density at radius 1 is 1.50 bits per heavy atom. The Morgan fingerprint density at radius 2 is 2.20 bits per heavy atom. The van der Waals surface area contributed by atoms with Crippen molar-refractivity contribution in [3.8, 4) is 5.75 Å². The number of methoxy groups -OCH3 is 1. The second-order valence-electron chi connectivity index (χ2n) is 4.87. The van der Waals surface area contributed by atoms with E-state index >= 15 is 0 Å². The lowest BCUT2D eigenvalue weighted by atomic mass is 10.1. The topological polar surface area (TPSA) is 75.6 Å². The normalized spacial score (nSPS) is 15.5. The van der Waals surface area contributed by atoms with E-state index in [1.165, 1.54) is 19.2 Å². The van der Waals surface area contributed by atoms with Gasteiger partial charge in [-0.2, -0.15) is 0 Å². The Kier molecular flexibility index (Phi) is 4.22. The van der Waals surface area contributed by atoms with Gasteiger partial charge < -0.3 is 15.2 Å². The van der Waals surface area contributed by atoms with E-state index < -0.39 is 23.7 Å². The molecule has 0 spiro atoms. The van der Waals surface area contributed by atoms with Crippen molar-refractivity contribution in [2.75, 3.05) is 7.11 Å². The second kappa shape index (κ2) is 5.90. The zero-order valence-electron chi connectivity index (χ0n) is 11.1. The lowest BCUT2D eigenvalue weighted by Gasteiger charge is -2.13. The van der Waals surface area contributed by atoms with Crippen molar-refractivity contribution in [2.24, 2.45) is 5.92 Å². The Hall–Kier alpha value is -2.11. The van der Waals surface area contributed by atoms with Crippen molar-refractivity contribution in [3.63, 3.8) is 0 Å². The summed E-state index contributed by atoms with van der Waals surface area (Å²) in [6.07, 6.45) is 1.57. The number of carboxylic acids is 1. The number of hydrogen-bond acceptors (Lipinski definition) is 3. The van der Waals surface area contributed by atoms with Crippen LogP contribution in [-0.2, 0) is 16.0 Å². The number of hydrogen-bond donors (Lipinski definition) is 2. The van der Waals surface area contributed by atoms with Gasteiger partial charge in [-0.15, -0.1) is 0 Å². The molecule has 0 aromatic heterocycles. The molecule has 20 heavy (non-hydrogen) atoms. The lowest BCUT2D eigenvalue weighted by Crippen LogP contribution is -2.43. The van der Waals surface area contributed by atoms with E-state index in [4.69, 9.17) is 9.84 Å². The molecule has 2 N–H and O–H groups in total. The van der Waals surface area contributed by atoms with Crippen LogP contribution < -0.4 is 10.1 Å². The van der Waals surface area contributed by atoms with Crippen LogP contribution in [0.15, 0.2) is 18.2 Å². The number of carbonyl (C=O) groups is 2. The standard InChI is InChI=1S/C14H16FNO4/c1-20-11-5-2-8(6-10(11)15)7-12(17)16-13(14(18)19)9-3-4-9/h2,5-6,9,13H,3-4,7H2,1H3,(H,16,17)(H,18,19). The highest BCUT2D eigenvalue weighted by molar-refractivity contribution is 5.85. The maximum absolute atomic E-state index is 13.5. The van der Waals surface area contributed by atoms with Crippen LogP contribution >= 0.6 is 0 Å². The van der Waals surface area contributed by atoms with Crippen molar-refractivity contribution in [2.45, 2.75) is 25.3 Å². The summed E-state index contributed by atoms with van der Waals surface area (Å²) >= 11 is 0. The SMILES string of the molecule is COc1ccc(CC(=O)NC(C(=O)O)C2CC2)cc1F. The zero-order valence-corrected chi connectivity index (χ0v) is 11.1. The number of amides is 1. The largest absolute Gasteiger partial charge is 0.494 e. The summed E-state index contributed by atoms with van der Waals surface area (Å²) in [5.41, 5.74) is 0.473. The third-order valence-electron chi connectivity index (χ3n) is 3.26. The monoisotopic (exact) mass is 281 g/mol. The summed E-state index contributed by atoms with van der Waals surface area (Å²) in [5.74, 6) is -1.87. The first kappa shape index (κ1) is 14.3. The van der Waals surface area contributed by atoms with Crippen LogP contribution in [-0.4, -0.2) is 30.1 Å². The van der Waals surface area contributed by atoms with E-state index in [0.29, 0.717) is 5.56 Å². The third-order valence-corrected chi connectivity index (χ3v) is 3.26. The molecule has 1 atom stereocenters. The first-order valence-electron chi connectivity index (χ1n) is 6.36. The Labute approximate surface area is 115 Å². The summed E-state index contributed by atoms with van der Waals surface area (Å²) in [4.78, 5) is 22.8. The zero-order chi connectivity index (χ0) is 14.7. The molecule has 5 nitrogen and oxygen atoms in total. The summed E-state index contributed by atoms with van der Waals surface area (Å²) < 4.78 is 18.3. The molecule has 1 unspecified atom stereocenters. The highest BCUT2D eigenvalue weighted by atomic mass is 19.1. The van der Waals surface area contributed by atoms with Gasteiger partial charge in [0.1, 0.15) is 6.04 Å². The fourth-order valence-corrected chi connectivity index (χ4v) is 2.04. The van der Waals surface area contributed by atoms with Gasteiger partial charge in [0.15, 0.2) is 11.6 Å². The Bertz CT molecular complexity index is 528. The number of ether oxygens (including phenoxy) is 1. The predicted octanol–water partition coefficient (Wildman–Crippen LogP) is 1.36. The molecule has 1 aliphatic rings. The van der Waals surface area contributed by atoms with Crippen LogP contribution in [0.1, 0.15) is 18.4 Å². The van der Waals surface area contributed by atoms with Crippen LogP contribution in [0.2, 0.25) is 0 Å². The highest BCUT2D eigenvalue weighted by Gasteiger charge is 2.37. The van der Waals surface area contributed by atoms with Crippen molar-refractivity contribution in [3.05, 3.63) is 29.6 Å². The van der Waals surface area contributed by atoms with Gasteiger partial charge in [-0.05, 0) is 36.5 Å². The molecule has 1 aromatic rings. The van der Waals surface area contributed by atoms with E-state index in [-0.39, 0.29) is 18.1 Å². The van der Waals surface area contributed by atoms with Crippen LogP contribution in [0.3, 0.4) is 0 Å². The molecule has 2 rings (SSSR count). The number of benzene rings is 1. The molecule has 108 valence electrons. The molecule has 1 aliphatic carbocycles. The van der Waals surface area contributed by atoms with Crippen LogP contribution in [0.4, 0.5) is 4.39 Å². The minimum Gasteiger partial charge on any atom is -0.494 e. The molecule has 0 heterocycles. The van der Waals surface area contributed by atoms with E-state index in [9.17, 15) is 14.0 Å². The minimum atomic E-state index is -1.03. The predicted molar refractivity (Wildman–Crippen MR) is 68.9 cm³/mol. The van der Waals surface area contributed by atoms with Gasteiger partial charge in [-0.3, -0.25) is 4.79 Å². The summed E-state index contributed by atoms with van der Waals surface area (Å²) in [5, 5.41) is 11.5. The molecule has 0 radical (unpaired) electrons. The number of nitrogens with one attached hydrogen (secondary N) is 1. The van der Waals surface area contributed by atoms with Gasteiger partial charge in [0.2, 0.25) is 5.91 Å². The molecule has 1 aromatic carbocycles. The van der Waals surface area contributed by atoms with E-state index in [2.05, 4.69) is 5.32 Å². The van der Waals surface area contributed by atoms with Crippen molar-refractivity contribution in [1.29, 1.82) is 0 Å². The van der Waals surface area contributed by atoms with Gasteiger partial charge in [0.05, 0.1) is 13.5 Å². The van der Waals surface area contributed by atoms with Crippen molar-refractivity contribution >= 4 is 11.9 Å². The third kappa shape index (κ3) is 3.46. The second-order valence-corrected chi connectivity index (χ2v) is 4.87. The van der Waals surface area contributed by atoms with E-state index in [1.54, 1.807) is 6.07 Å². The Balaban J connectivity index is 1.97. The van der Waals surface area contributed by atoms with Crippen molar-refractivity contribution in [1.82, 2.24) is 5.32 Å². The summed E-state index contributed by atoms with van der Waals surface area (Å²) in [6.45, 7) is 0. The Morgan fingerprint density at radius 3 is 2.70 bits per heavy atom. The molecule has 6 heteroatoms. The van der Waals surface area contributed by atoms with Gasteiger partial charge in [-0.1, -0.05) is 6.07 Å². The van der Waals surface area contributed by atoms with Gasteiger partial charge in [-0.25, -0.2) is 9.18 Å². The maximum Gasteiger partial charge on any atom is 0.326 e. The molecule has 1 saturated carbocycles. The number of carbonyl (C=O) groups excluding carboxylic acids is 1.